The summed E-state index contributed by atoms with van der Waals surface area (Å²) >= 11 is 0. The van der Waals surface area contributed by atoms with Gasteiger partial charge in [0.2, 0.25) is 0 Å². The minimum atomic E-state index is -0.371. The second-order valence-electron chi connectivity index (χ2n) is 5.39. The molecule has 0 saturated carbocycles. The second kappa shape index (κ2) is 6.34. The van der Waals surface area contributed by atoms with E-state index < -0.39 is 0 Å². The molecule has 24 heavy (non-hydrogen) atoms. The van der Waals surface area contributed by atoms with Crippen LogP contribution in [0.1, 0.15) is 11.1 Å². The maximum atomic E-state index is 11.4. The third-order valence-electron chi connectivity index (χ3n) is 3.77. The van der Waals surface area contributed by atoms with E-state index in [1.165, 1.54) is 6.07 Å². The molecular weight excluding hydrogens is 302 g/mol. The predicted octanol–water partition coefficient (Wildman–Crippen LogP) is 2.31. The molecule has 1 aliphatic rings. The minimum Gasteiger partial charge on any atom is -0.399 e. The quantitative estimate of drug-likeness (QED) is 0.516. The Labute approximate surface area is 139 Å². The molecule has 0 spiro atoms. The normalized spacial score (nSPS) is 13.2. The first-order valence-corrected chi connectivity index (χ1v) is 7.39. The van der Waals surface area contributed by atoms with E-state index in [2.05, 4.69) is 0 Å². The van der Waals surface area contributed by atoms with Crippen molar-refractivity contribution in [2.75, 3.05) is 5.73 Å². The molecule has 5 heteroatoms. The summed E-state index contributed by atoms with van der Waals surface area (Å²) in [6, 6.07) is 14.0. The van der Waals surface area contributed by atoms with Gasteiger partial charge in [-0.2, -0.15) is 0 Å². The van der Waals surface area contributed by atoms with Crippen molar-refractivity contribution in [1.82, 2.24) is 0 Å². The van der Waals surface area contributed by atoms with Crippen molar-refractivity contribution in [2.24, 2.45) is 0 Å². The molecule has 3 rings (SSSR count). The molecule has 5 nitrogen and oxygen atoms in total. The molecule has 0 bridgehead atoms. The van der Waals surface area contributed by atoms with E-state index in [4.69, 9.17) is 11.1 Å². The number of para-hydroxylation sites is 1. The fraction of sp³-hybridized carbons (Fsp3) is 0. The molecule has 0 saturated heterocycles. The molecular formula is C19H16N3O2+. The Morgan fingerprint density at radius 1 is 0.958 bits per heavy atom. The smallest absolute Gasteiger partial charge is 0.277 e. The lowest BCUT2D eigenvalue weighted by molar-refractivity contribution is -0.385. The van der Waals surface area contributed by atoms with Gasteiger partial charge < -0.3 is 5.73 Å². The van der Waals surface area contributed by atoms with Crippen LogP contribution in [-0.2, 0) is 0 Å². The van der Waals surface area contributed by atoms with Crippen LogP contribution in [0.15, 0.2) is 78.4 Å². The van der Waals surface area contributed by atoms with Gasteiger partial charge in [0, 0.05) is 29.5 Å². The minimum absolute atomic E-state index is 0.0566. The fourth-order valence-electron chi connectivity index (χ4n) is 2.62. The van der Waals surface area contributed by atoms with Crippen molar-refractivity contribution in [3.8, 4) is 0 Å². The molecule has 0 aliphatic heterocycles. The Morgan fingerprint density at radius 3 is 2.21 bits per heavy atom. The van der Waals surface area contributed by atoms with Gasteiger partial charge >= 0.3 is 0 Å². The van der Waals surface area contributed by atoms with E-state index >= 15 is 0 Å². The Morgan fingerprint density at radius 2 is 1.58 bits per heavy atom. The molecule has 0 atom stereocenters. The van der Waals surface area contributed by atoms with Crippen molar-refractivity contribution >= 4 is 22.7 Å². The largest absolute Gasteiger partial charge is 0.399 e. The molecule has 0 fully saturated rings. The van der Waals surface area contributed by atoms with Gasteiger partial charge in [-0.05, 0) is 41.5 Å². The maximum Gasteiger partial charge on any atom is 0.277 e. The summed E-state index contributed by atoms with van der Waals surface area (Å²) in [5.41, 5.74) is 10.1. The van der Waals surface area contributed by atoms with Crippen molar-refractivity contribution in [3.05, 3.63) is 99.6 Å². The molecule has 0 unspecified atom stereocenters. The van der Waals surface area contributed by atoms with Gasteiger partial charge in [0.1, 0.15) is 0 Å². The zero-order valence-electron chi connectivity index (χ0n) is 12.8. The monoisotopic (exact) mass is 318 g/mol. The number of nitrogens with two attached hydrogens (primary N) is 2. The molecule has 118 valence electrons. The zero-order chi connectivity index (χ0) is 17.1. The number of hydrogen-bond acceptors (Lipinski definition) is 3. The highest BCUT2D eigenvalue weighted by atomic mass is 16.6. The van der Waals surface area contributed by atoms with Crippen LogP contribution in [-0.4, -0.2) is 10.6 Å². The Hall–Kier alpha value is -3.47. The lowest BCUT2D eigenvalue weighted by atomic mass is 9.90. The summed E-state index contributed by atoms with van der Waals surface area (Å²) in [5.74, 6) is 0. The first-order chi connectivity index (χ1) is 11.6. The third kappa shape index (κ3) is 3.01. The molecule has 2 aromatic rings. The number of nitrogens with zero attached hydrogens (tertiary/aromatic N) is 1. The highest BCUT2D eigenvalue weighted by Gasteiger charge is 2.20. The number of nitro benzene ring substituents is 1. The van der Waals surface area contributed by atoms with E-state index in [0.717, 1.165) is 16.7 Å². The Bertz CT molecular complexity index is 888. The molecule has 2 aromatic carbocycles. The molecule has 4 N–H and O–H groups in total. The highest BCUT2D eigenvalue weighted by molar-refractivity contribution is 6.03. The molecule has 1 aliphatic carbocycles. The van der Waals surface area contributed by atoms with E-state index in [1.807, 2.05) is 24.3 Å². The summed E-state index contributed by atoms with van der Waals surface area (Å²) < 4.78 is 0. The second-order valence-corrected chi connectivity index (χ2v) is 5.39. The van der Waals surface area contributed by atoms with E-state index in [-0.39, 0.29) is 10.6 Å². The molecule has 0 radical (unpaired) electrons. The van der Waals surface area contributed by atoms with Gasteiger partial charge in [-0.25, -0.2) is 0 Å². The first kappa shape index (κ1) is 15.4. The lowest BCUT2D eigenvalue weighted by Crippen LogP contribution is -2.37. The number of rotatable bonds is 3. The average Bonchev–Trinajstić information content (AvgIpc) is 2.59. The van der Waals surface area contributed by atoms with Crippen LogP contribution in [0.2, 0.25) is 0 Å². The Kier molecular flexibility index (Phi) is 4.07. The number of hydrogen-bond donors (Lipinski definition) is 2. The predicted molar refractivity (Wildman–Crippen MR) is 95.2 cm³/mol. The summed E-state index contributed by atoms with van der Waals surface area (Å²) in [7, 11) is 0. The van der Waals surface area contributed by atoms with Crippen molar-refractivity contribution in [2.45, 2.75) is 0 Å². The van der Waals surface area contributed by atoms with Crippen molar-refractivity contribution < 1.29 is 10.3 Å². The first-order valence-electron chi connectivity index (χ1n) is 7.39. The van der Waals surface area contributed by atoms with Crippen LogP contribution in [0.25, 0.3) is 5.57 Å². The number of anilines is 1. The number of allylic oxidation sites excluding steroid dienone is 5. The summed E-state index contributed by atoms with van der Waals surface area (Å²) in [6.07, 6.45) is 7.28. The van der Waals surface area contributed by atoms with Gasteiger partial charge in [-0.3, -0.25) is 15.5 Å². The summed E-state index contributed by atoms with van der Waals surface area (Å²) in [5, 5.41) is 17.2. The van der Waals surface area contributed by atoms with Crippen LogP contribution in [0.4, 0.5) is 11.4 Å². The molecule has 0 heterocycles. The third-order valence-corrected chi connectivity index (χ3v) is 3.77. The SMILES string of the molecule is Nc1ccc(C(=C2C=CC(=[NH2+])C=C2)c2ccccc2[N+](=O)[O-])cc1. The van der Waals surface area contributed by atoms with Gasteiger partial charge in [0.25, 0.3) is 5.69 Å². The van der Waals surface area contributed by atoms with Crippen LogP contribution < -0.4 is 11.1 Å². The van der Waals surface area contributed by atoms with E-state index in [0.29, 0.717) is 17.0 Å². The van der Waals surface area contributed by atoms with Crippen molar-refractivity contribution in [3.63, 3.8) is 0 Å². The van der Waals surface area contributed by atoms with Crippen LogP contribution in [0.3, 0.4) is 0 Å². The van der Waals surface area contributed by atoms with E-state index in [9.17, 15) is 10.1 Å². The molecule has 0 amide bonds. The average molecular weight is 318 g/mol. The number of nitrogen functional groups attached to an aromatic ring is 1. The van der Waals surface area contributed by atoms with Crippen LogP contribution in [0, 0.1) is 10.1 Å². The van der Waals surface area contributed by atoms with Crippen molar-refractivity contribution in [1.29, 1.82) is 0 Å². The Balaban J connectivity index is 2.28. The van der Waals surface area contributed by atoms with Crippen LogP contribution in [0.5, 0.6) is 0 Å². The summed E-state index contributed by atoms with van der Waals surface area (Å²) in [6.45, 7) is 0. The number of benzene rings is 2. The van der Waals surface area contributed by atoms with Gasteiger partial charge in [-0.1, -0.05) is 24.3 Å². The highest BCUT2D eigenvalue weighted by Crippen LogP contribution is 2.35. The molecule has 0 aromatic heterocycles. The fourth-order valence-corrected chi connectivity index (χ4v) is 2.62. The van der Waals surface area contributed by atoms with Crippen LogP contribution >= 0.6 is 0 Å². The lowest BCUT2D eigenvalue weighted by Gasteiger charge is -2.13. The van der Waals surface area contributed by atoms with E-state index in [1.54, 1.807) is 42.5 Å². The van der Waals surface area contributed by atoms with Gasteiger partial charge in [0.15, 0.2) is 5.71 Å². The summed E-state index contributed by atoms with van der Waals surface area (Å²) in [4.78, 5) is 11.1. The number of nitro groups is 1. The van der Waals surface area contributed by atoms with Gasteiger partial charge in [-0.15, -0.1) is 0 Å². The zero-order valence-corrected chi connectivity index (χ0v) is 12.8. The maximum absolute atomic E-state index is 11.4. The van der Waals surface area contributed by atoms with Gasteiger partial charge in [0.05, 0.1) is 10.5 Å². The topological polar surface area (TPSA) is 94.8 Å². The standard InChI is InChI=1S/C19H15N3O2/c20-15-9-5-13(6-10-15)19(14-7-11-16(21)12-8-14)17-3-1-2-4-18(17)22(23)24/h1-12,20H,21H2/p+1.